The van der Waals surface area contributed by atoms with E-state index < -0.39 is 27.1 Å². The van der Waals surface area contributed by atoms with Crippen LogP contribution in [0, 0.1) is 23.7 Å². The summed E-state index contributed by atoms with van der Waals surface area (Å²) < 4.78 is 16.2. The molecule has 0 amide bonds. The molecule has 0 bridgehead atoms. The highest BCUT2D eigenvalue weighted by molar-refractivity contribution is 9.10. The minimum atomic E-state index is -1.25. The van der Waals surface area contributed by atoms with E-state index in [9.17, 15) is 9.81 Å². The fraction of sp³-hybridized carbons (Fsp3) is 0.667. The van der Waals surface area contributed by atoms with Gasteiger partial charge in [0, 0.05) is 17.6 Å². The first-order chi connectivity index (χ1) is 10.0. The van der Waals surface area contributed by atoms with Gasteiger partial charge in [-0.15, -0.1) is 4.72 Å². The fourth-order valence-electron chi connectivity index (χ4n) is 2.65. The first-order valence-electron chi connectivity index (χ1n) is 7.12. The van der Waals surface area contributed by atoms with Crippen LogP contribution >= 0.6 is 15.9 Å². The van der Waals surface area contributed by atoms with Gasteiger partial charge in [0.1, 0.15) is 10.3 Å². The third-order valence-corrected chi connectivity index (χ3v) is 6.31. The normalized spacial score (nSPS) is 29.5. The lowest BCUT2D eigenvalue weighted by Crippen LogP contribution is -2.61. The summed E-state index contributed by atoms with van der Waals surface area (Å²) in [6.45, 7) is 9.56. The molecule has 0 spiro atoms. The molecule has 7 heteroatoms. The lowest BCUT2D eigenvalue weighted by molar-refractivity contribution is 0.0723. The summed E-state index contributed by atoms with van der Waals surface area (Å²) in [5.74, 6) is 0.610. The third kappa shape index (κ3) is 3.30. The largest absolute Gasteiger partial charge is 0.598 e. The van der Waals surface area contributed by atoms with Crippen molar-refractivity contribution in [3.05, 3.63) is 22.2 Å². The van der Waals surface area contributed by atoms with Crippen LogP contribution in [0.1, 0.15) is 52.1 Å². The van der Waals surface area contributed by atoms with E-state index in [-0.39, 0.29) is 0 Å². The van der Waals surface area contributed by atoms with Crippen LogP contribution < -0.4 is 4.72 Å². The topological polar surface area (TPSA) is 84.7 Å². The molecule has 0 aliphatic heterocycles. The van der Waals surface area contributed by atoms with Gasteiger partial charge >= 0.3 is 0 Å². The van der Waals surface area contributed by atoms with Gasteiger partial charge in [0.15, 0.2) is 5.82 Å². The molecule has 2 rings (SSSR count). The van der Waals surface area contributed by atoms with Crippen molar-refractivity contribution in [2.75, 3.05) is 0 Å². The molecule has 1 aromatic rings. The molecular formula is C15H21BrN4OS. The molecule has 120 valence electrons. The standard InChI is InChI=1S/C15H21BrN4OS/c1-10-11(16)6-18-12(19-10)15(7-14(5,8-15)9-17)20-22(21)13(2,3)4/h6,20H,7-8H2,1-5H3/t14?,15?,22-/m0/s1. The Hall–Kier alpha value is -0.680. The molecule has 0 aromatic carbocycles. The first-order valence-corrected chi connectivity index (χ1v) is 9.06. The van der Waals surface area contributed by atoms with E-state index in [1.807, 2.05) is 34.6 Å². The minimum absolute atomic E-state index is 0.393. The highest BCUT2D eigenvalue weighted by Gasteiger charge is 2.58. The maximum Gasteiger partial charge on any atom is 0.153 e. The van der Waals surface area contributed by atoms with E-state index in [1.54, 1.807) is 6.20 Å². The van der Waals surface area contributed by atoms with E-state index in [0.717, 1.165) is 10.2 Å². The summed E-state index contributed by atoms with van der Waals surface area (Å²) >= 11 is 2.14. The van der Waals surface area contributed by atoms with E-state index in [0.29, 0.717) is 18.7 Å². The molecule has 0 radical (unpaired) electrons. The summed E-state index contributed by atoms with van der Waals surface area (Å²) in [5, 5.41) is 9.32. The molecule has 0 unspecified atom stereocenters. The molecule has 0 saturated heterocycles. The maximum absolute atomic E-state index is 12.5. The Morgan fingerprint density at radius 1 is 1.45 bits per heavy atom. The Balaban J connectivity index is 2.36. The summed E-state index contributed by atoms with van der Waals surface area (Å²) in [5.41, 5.74) is -0.202. The molecule has 1 aliphatic rings. The highest BCUT2D eigenvalue weighted by atomic mass is 79.9. The number of hydrogen-bond acceptors (Lipinski definition) is 5. The van der Waals surface area contributed by atoms with Crippen molar-refractivity contribution in [1.29, 1.82) is 5.26 Å². The van der Waals surface area contributed by atoms with Gasteiger partial charge in [0.25, 0.3) is 0 Å². The van der Waals surface area contributed by atoms with Crippen molar-refractivity contribution in [3.63, 3.8) is 0 Å². The number of hydrogen-bond donors (Lipinski definition) is 1. The second-order valence-corrected chi connectivity index (χ2v) is 10.0. The minimum Gasteiger partial charge on any atom is -0.598 e. The molecule has 22 heavy (non-hydrogen) atoms. The van der Waals surface area contributed by atoms with Gasteiger partial charge in [0.2, 0.25) is 0 Å². The average molecular weight is 385 g/mol. The molecule has 1 heterocycles. The number of rotatable bonds is 3. The number of aryl methyl sites for hydroxylation is 1. The first kappa shape index (κ1) is 17.7. The van der Waals surface area contributed by atoms with Crippen molar-refractivity contribution in [2.45, 2.75) is 57.7 Å². The quantitative estimate of drug-likeness (QED) is 0.809. The SMILES string of the molecule is Cc1nc(C2(N[S@@+]([O-])C(C)(C)C)CC(C)(C#N)C2)ncc1Br. The van der Waals surface area contributed by atoms with Crippen molar-refractivity contribution in [1.82, 2.24) is 14.7 Å². The van der Waals surface area contributed by atoms with Crippen LogP contribution in [-0.4, -0.2) is 19.3 Å². The highest BCUT2D eigenvalue weighted by Crippen LogP contribution is 2.53. The van der Waals surface area contributed by atoms with E-state index in [1.165, 1.54) is 0 Å². The zero-order valence-corrected chi connectivity index (χ0v) is 15.9. The lowest BCUT2D eigenvalue weighted by atomic mass is 9.59. The number of nitrogens with one attached hydrogen (secondary N) is 1. The van der Waals surface area contributed by atoms with Crippen LogP contribution in [0.5, 0.6) is 0 Å². The molecule has 1 atom stereocenters. The molecular weight excluding hydrogens is 364 g/mol. The zero-order valence-electron chi connectivity index (χ0n) is 13.5. The van der Waals surface area contributed by atoms with Crippen LogP contribution in [0.3, 0.4) is 0 Å². The summed E-state index contributed by atoms with van der Waals surface area (Å²) in [4.78, 5) is 8.94. The monoisotopic (exact) mass is 384 g/mol. The van der Waals surface area contributed by atoms with Crippen LogP contribution in [0.25, 0.3) is 0 Å². The third-order valence-electron chi connectivity index (χ3n) is 3.85. The number of aromatic nitrogens is 2. The van der Waals surface area contributed by atoms with Gasteiger partial charge in [-0.25, -0.2) is 9.97 Å². The van der Waals surface area contributed by atoms with Crippen LogP contribution in [-0.2, 0) is 16.9 Å². The molecule has 5 nitrogen and oxygen atoms in total. The molecule has 1 saturated carbocycles. The van der Waals surface area contributed by atoms with Gasteiger partial charge in [-0.1, -0.05) is 0 Å². The second kappa shape index (κ2) is 5.75. The van der Waals surface area contributed by atoms with Gasteiger partial charge in [0.05, 0.1) is 21.7 Å². The van der Waals surface area contributed by atoms with Gasteiger partial charge < -0.3 is 4.55 Å². The second-order valence-electron chi connectivity index (χ2n) is 7.22. The molecule has 1 aliphatic carbocycles. The van der Waals surface area contributed by atoms with Crippen LogP contribution in [0.15, 0.2) is 10.7 Å². The van der Waals surface area contributed by atoms with E-state index in [4.69, 9.17) is 0 Å². The Morgan fingerprint density at radius 2 is 2.05 bits per heavy atom. The summed E-state index contributed by atoms with van der Waals surface area (Å²) in [6, 6.07) is 2.34. The summed E-state index contributed by atoms with van der Waals surface area (Å²) in [7, 11) is 0. The van der Waals surface area contributed by atoms with Gasteiger partial charge in [-0.3, -0.25) is 0 Å². The molecule has 1 fully saturated rings. The Kier molecular flexibility index (Phi) is 4.62. The van der Waals surface area contributed by atoms with Crippen molar-refractivity contribution < 1.29 is 4.55 Å². The van der Waals surface area contributed by atoms with Crippen molar-refractivity contribution >= 4 is 27.3 Å². The van der Waals surface area contributed by atoms with Crippen molar-refractivity contribution in [2.24, 2.45) is 5.41 Å². The van der Waals surface area contributed by atoms with E-state index in [2.05, 4.69) is 36.7 Å². The van der Waals surface area contributed by atoms with Crippen LogP contribution in [0.4, 0.5) is 0 Å². The average Bonchev–Trinajstić information content (AvgIpc) is 2.38. The number of halogens is 1. The van der Waals surface area contributed by atoms with Gasteiger partial charge in [-0.05, 0) is 63.4 Å². The smallest absolute Gasteiger partial charge is 0.153 e. The van der Waals surface area contributed by atoms with Gasteiger partial charge in [-0.2, -0.15) is 5.26 Å². The number of nitriles is 1. The predicted molar refractivity (Wildman–Crippen MR) is 90.1 cm³/mol. The maximum atomic E-state index is 12.5. The Morgan fingerprint density at radius 3 is 2.50 bits per heavy atom. The molecule has 1 aromatic heterocycles. The molecule has 1 N–H and O–H groups in total. The summed E-state index contributed by atoms with van der Waals surface area (Å²) in [6.07, 6.45) is 2.82. The Labute approximate surface area is 143 Å². The predicted octanol–water partition coefficient (Wildman–Crippen LogP) is 3.12. The van der Waals surface area contributed by atoms with Crippen molar-refractivity contribution in [3.8, 4) is 6.07 Å². The van der Waals surface area contributed by atoms with Crippen LogP contribution in [0.2, 0.25) is 0 Å². The zero-order chi connectivity index (χ0) is 16.8. The Bertz CT molecular complexity index is 617. The fourth-order valence-corrected chi connectivity index (χ4v) is 3.74. The number of nitrogens with zero attached hydrogens (tertiary/aromatic N) is 3. The lowest BCUT2D eigenvalue weighted by Gasteiger charge is -2.50. The van der Waals surface area contributed by atoms with E-state index >= 15 is 0 Å².